The van der Waals surface area contributed by atoms with Crippen LogP contribution in [0.15, 0.2) is 71.6 Å². The van der Waals surface area contributed by atoms with Crippen LogP contribution in [0.2, 0.25) is 0 Å². The number of anilines is 2. The van der Waals surface area contributed by atoms with Gasteiger partial charge in [-0.3, -0.25) is 4.79 Å². The zero-order valence-corrected chi connectivity index (χ0v) is 20.4. The number of ether oxygens (including phenoxy) is 2. The summed E-state index contributed by atoms with van der Waals surface area (Å²) >= 11 is 0. The van der Waals surface area contributed by atoms with Gasteiger partial charge in [-0.05, 0) is 36.8 Å². The second-order valence-corrected chi connectivity index (χ2v) is 10.0. The van der Waals surface area contributed by atoms with E-state index in [-0.39, 0.29) is 28.5 Å². The van der Waals surface area contributed by atoms with Gasteiger partial charge in [-0.15, -0.1) is 0 Å². The molecule has 1 aromatic heterocycles. The minimum atomic E-state index is -3.74. The van der Waals surface area contributed by atoms with Gasteiger partial charge < -0.3 is 14.8 Å². The maximum atomic E-state index is 13.3. The van der Waals surface area contributed by atoms with E-state index in [1.54, 1.807) is 50.6 Å². The monoisotopic (exact) mass is 491 g/mol. The minimum absolute atomic E-state index is 0.0111. The van der Waals surface area contributed by atoms with Crippen molar-refractivity contribution in [2.24, 2.45) is 0 Å². The molecule has 8 nitrogen and oxygen atoms in total. The van der Waals surface area contributed by atoms with Crippen molar-refractivity contribution < 1.29 is 22.7 Å². The lowest BCUT2D eigenvalue weighted by atomic mass is 10.1. The van der Waals surface area contributed by atoms with Crippen LogP contribution >= 0.6 is 0 Å². The van der Waals surface area contributed by atoms with Gasteiger partial charge in [0.2, 0.25) is 0 Å². The molecule has 0 bridgehead atoms. The molecular weight excluding hydrogens is 466 g/mol. The van der Waals surface area contributed by atoms with Gasteiger partial charge in [-0.1, -0.05) is 24.3 Å². The maximum absolute atomic E-state index is 13.3. The molecule has 0 fully saturated rings. The van der Waals surface area contributed by atoms with Crippen molar-refractivity contribution in [3.8, 4) is 11.5 Å². The molecule has 0 spiro atoms. The highest BCUT2D eigenvalue weighted by molar-refractivity contribution is 7.90. The Morgan fingerprint density at radius 3 is 2.06 bits per heavy atom. The van der Waals surface area contributed by atoms with Crippen molar-refractivity contribution in [1.82, 2.24) is 9.97 Å². The number of rotatable bonds is 9. The first-order valence-corrected chi connectivity index (χ1v) is 12.5. The van der Waals surface area contributed by atoms with Crippen molar-refractivity contribution in [1.29, 1.82) is 0 Å². The number of carbonyl (C=O) groups is 1. The number of aromatic nitrogens is 2. The predicted octanol–water partition coefficient (Wildman–Crippen LogP) is 4.50. The van der Waals surface area contributed by atoms with Gasteiger partial charge in [0.25, 0.3) is 0 Å². The fourth-order valence-corrected chi connectivity index (χ4v) is 4.90. The summed E-state index contributed by atoms with van der Waals surface area (Å²) in [5.41, 5.74) is 2.86. The quantitative estimate of drug-likeness (QED) is 0.365. The Morgan fingerprint density at radius 1 is 0.886 bits per heavy atom. The molecule has 0 radical (unpaired) electrons. The normalized spacial score (nSPS) is 11.3. The highest BCUT2D eigenvalue weighted by atomic mass is 32.2. The first-order valence-electron chi connectivity index (χ1n) is 10.8. The van der Waals surface area contributed by atoms with E-state index < -0.39 is 9.84 Å². The van der Waals surface area contributed by atoms with Crippen LogP contribution in [0.1, 0.15) is 18.2 Å². The Hall–Kier alpha value is -3.98. The van der Waals surface area contributed by atoms with Gasteiger partial charge in [0.1, 0.15) is 23.0 Å². The predicted molar refractivity (Wildman–Crippen MR) is 134 cm³/mol. The molecule has 0 aliphatic rings. The largest absolute Gasteiger partial charge is 0.497 e. The zero-order chi connectivity index (χ0) is 25.0. The molecule has 0 atom stereocenters. The number of methoxy groups -OCH3 is 2. The molecule has 0 unspecified atom stereocenters. The smallest absolute Gasteiger partial charge is 0.184 e. The molecule has 0 amide bonds. The minimum Gasteiger partial charge on any atom is -0.497 e. The summed E-state index contributed by atoms with van der Waals surface area (Å²) in [5, 5.41) is 3.18. The summed E-state index contributed by atoms with van der Waals surface area (Å²) < 4.78 is 37.2. The first-order chi connectivity index (χ1) is 16.8. The van der Waals surface area contributed by atoms with Crippen LogP contribution in [0.4, 0.5) is 11.5 Å². The molecule has 0 saturated carbocycles. The number of hydrogen-bond donors (Lipinski definition) is 1. The number of sulfone groups is 1. The van der Waals surface area contributed by atoms with Gasteiger partial charge in [0.05, 0.1) is 35.8 Å². The van der Waals surface area contributed by atoms with Gasteiger partial charge in [-0.2, -0.15) is 0 Å². The Kier molecular flexibility index (Phi) is 6.97. The number of hydrogen-bond acceptors (Lipinski definition) is 8. The summed E-state index contributed by atoms with van der Waals surface area (Å²) in [6.45, 7) is 1.50. The Bertz CT molecular complexity index is 1460. The number of benzene rings is 3. The SMILES string of the molecule is COc1cc(Nc2nc3ccccc3nc2CS(=O)(=O)c2ccc(CC(C)=O)cc2)cc(OC)c1. The lowest BCUT2D eigenvalue weighted by Gasteiger charge is -2.14. The van der Waals surface area contributed by atoms with E-state index in [1.807, 2.05) is 18.2 Å². The van der Waals surface area contributed by atoms with E-state index >= 15 is 0 Å². The lowest BCUT2D eigenvalue weighted by Crippen LogP contribution is -2.11. The van der Waals surface area contributed by atoms with Gasteiger partial charge in [0, 0.05) is 30.3 Å². The van der Waals surface area contributed by atoms with Crippen molar-refractivity contribution in [3.05, 3.63) is 78.0 Å². The lowest BCUT2D eigenvalue weighted by molar-refractivity contribution is -0.116. The van der Waals surface area contributed by atoms with E-state index in [0.717, 1.165) is 5.56 Å². The number of carbonyl (C=O) groups excluding carboxylic acids is 1. The van der Waals surface area contributed by atoms with Crippen LogP contribution in [-0.4, -0.2) is 38.4 Å². The number of para-hydroxylation sites is 2. The first kappa shape index (κ1) is 24.2. The Morgan fingerprint density at radius 2 is 1.49 bits per heavy atom. The van der Waals surface area contributed by atoms with Crippen molar-refractivity contribution in [2.75, 3.05) is 19.5 Å². The number of fused-ring (bicyclic) bond motifs is 1. The van der Waals surface area contributed by atoms with Crippen LogP contribution in [0.5, 0.6) is 11.5 Å². The molecule has 0 saturated heterocycles. The summed E-state index contributed by atoms with van der Waals surface area (Å²) in [6.07, 6.45) is 0.258. The van der Waals surface area contributed by atoms with Gasteiger partial charge in [-0.25, -0.2) is 18.4 Å². The average Bonchev–Trinajstić information content (AvgIpc) is 2.84. The molecular formula is C26H25N3O5S. The summed E-state index contributed by atoms with van der Waals surface area (Å²) in [6, 6.07) is 18.8. The maximum Gasteiger partial charge on any atom is 0.184 e. The van der Waals surface area contributed by atoms with Gasteiger partial charge in [0.15, 0.2) is 15.7 Å². The highest BCUT2D eigenvalue weighted by Gasteiger charge is 2.21. The van der Waals surface area contributed by atoms with Crippen molar-refractivity contribution >= 4 is 38.2 Å². The summed E-state index contributed by atoms with van der Waals surface area (Å²) in [4.78, 5) is 20.8. The molecule has 1 heterocycles. The molecule has 1 N–H and O–H groups in total. The molecule has 0 aliphatic carbocycles. The van der Waals surface area contributed by atoms with Crippen molar-refractivity contribution in [3.63, 3.8) is 0 Å². The van der Waals surface area contributed by atoms with E-state index in [0.29, 0.717) is 34.0 Å². The molecule has 4 rings (SSSR count). The second-order valence-electron chi connectivity index (χ2n) is 8.02. The van der Waals surface area contributed by atoms with Crippen LogP contribution in [0, 0.1) is 0 Å². The molecule has 35 heavy (non-hydrogen) atoms. The van der Waals surface area contributed by atoms with E-state index in [9.17, 15) is 13.2 Å². The summed E-state index contributed by atoms with van der Waals surface area (Å²) in [7, 11) is -0.645. The number of nitrogens with one attached hydrogen (secondary N) is 1. The van der Waals surface area contributed by atoms with E-state index in [4.69, 9.17) is 9.47 Å². The van der Waals surface area contributed by atoms with E-state index in [1.165, 1.54) is 19.1 Å². The zero-order valence-electron chi connectivity index (χ0n) is 19.6. The Labute approximate surface area is 203 Å². The number of Topliss-reactive ketones (excluding diaryl/α,β-unsaturated/α-hetero) is 1. The van der Waals surface area contributed by atoms with Gasteiger partial charge >= 0.3 is 0 Å². The molecule has 4 aromatic rings. The fraction of sp³-hybridized carbons (Fsp3) is 0.192. The van der Waals surface area contributed by atoms with E-state index in [2.05, 4.69) is 15.3 Å². The third-order valence-electron chi connectivity index (χ3n) is 5.32. The molecule has 180 valence electrons. The number of nitrogens with zero attached hydrogens (tertiary/aromatic N) is 2. The van der Waals surface area contributed by atoms with Crippen LogP contribution < -0.4 is 14.8 Å². The van der Waals surface area contributed by atoms with Crippen LogP contribution in [0.25, 0.3) is 11.0 Å². The average molecular weight is 492 g/mol. The summed E-state index contributed by atoms with van der Waals surface area (Å²) in [5.74, 6) is 1.11. The second kappa shape index (κ2) is 10.1. The highest BCUT2D eigenvalue weighted by Crippen LogP contribution is 2.30. The topological polar surface area (TPSA) is 107 Å². The fourth-order valence-electron chi connectivity index (χ4n) is 3.62. The molecule has 3 aromatic carbocycles. The van der Waals surface area contributed by atoms with Crippen molar-refractivity contribution in [2.45, 2.75) is 24.0 Å². The van der Waals surface area contributed by atoms with Crippen LogP contribution in [0.3, 0.4) is 0 Å². The third kappa shape index (κ3) is 5.75. The third-order valence-corrected chi connectivity index (χ3v) is 6.96. The molecule has 0 aliphatic heterocycles. The number of ketones is 1. The molecule has 9 heteroatoms. The standard InChI is InChI=1S/C26H25N3O5S/c1-17(30)12-18-8-10-22(11-9-18)35(31,32)16-25-26(29-24-7-5-4-6-23(24)28-25)27-19-13-20(33-2)15-21(14-19)34-3/h4-11,13-15H,12,16H2,1-3H3,(H,27,29). The Balaban J connectivity index is 1.72. The van der Waals surface area contributed by atoms with Crippen LogP contribution in [-0.2, 0) is 26.8 Å².